The molecular formula is C15H20ClNO. The minimum atomic E-state index is 0.282. The highest BCUT2D eigenvalue weighted by Gasteiger charge is 2.04. The smallest absolute Gasteiger partial charge is 0.148 e. The zero-order valence-electron chi connectivity index (χ0n) is 10.8. The van der Waals surface area contributed by atoms with Crippen LogP contribution in [0.25, 0.3) is 0 Å². The van der Waals surface area contributed by atoms with Gasteiger partial charge in [0.1, 0.15) is 12.4 Å². The van der Waals surface area contributed by atoms with E-state index in [1.165, 1.54) is 19.3 Å². The van der Waals surface area contributed by atoms with Crippen molar-refractivity contribution in [3.63, 3.8) is 0 Å². The van der Waals surface area contributed by atoms with Gasteiger partial charge in [0.15, 0.2) is 0 Å². The Labute approximate surface area is 115 Å². The molecule has 2 nitrogen and oxygen atoms in total. The molecule has 0 bridgehead atoms. The van der Waals surface area contributed by atoms with E-state index >= 15 is 0 Å². The number of ether oxygens (including phenoxy) is 1. The Morgan fingerprint density at radius 1 is 1.39 bits per heavy atom. The molecule has 0 heterocycles. The van der Waals surface area contributed by atoms with E-state index in [1.807, 2.05) is 18.2 Å². The van der Waals surface area contributed by atoms with Crippen molar-refractivity contribution in [2.24, 2.45) is 0 Å². The van der Waals surface area contributed by atoms with Crippen LogP contribution in [-0.2, 0) is 6.54 Å². The standard InChI is InChI=1S/C15H20ClNO/c1-3-5-6-9-17-12-13-11-14(16)7-8-15(13)18-10-4-2/h2,7-8,11,17H,3,5-6,9-10,12H2,1H3. The van der Waals surface area contributed by atoms with E-state index in [4.69, 9.17) is 22.8 Å². The second-order valence-electron chi connectivity index (χ2n) is 4.13. The monoisotopic (exact) mass is 265 g/mol. The highest BCUT2D eigenvalue weighted by molar-refractivity contribution is 6.30. The minimum Gasteiger partial charge on any atom is -0.481 e. The molecule has 0 fully saturated rings. The van der Waals surface area contributed by atoms with Gasteiger partial charge in [0.25, 0.3) is 0 Å². The van der Waals surface area contributed by atoms with Crippen molar-refractivity contribution < 1.29 is 4.74 Å². The zero-order valence-corrected chi connectivity index (χ0v) is 11.6. The molecule has 0 aromatic heterocycles. The first-order chi connectivity index (χ1) is 8.77. The lowest BCUT2D eigenvalue weighted by Gasteiger charge is -2.11. The molecule has 0 unspecified atom stereocenters. The number of halogens is 1. The molecule has 1 N–H and O–H groups in total. The molecule has 0 atom stereocenters. The maximum Gasteiger partial charge on any atom is 0.148 e. The van der Waals surface area contributed by atoms with Gasteiger partial charge in [0, 0.05) is 17.1 Å². The zero-order chi connectivity index (χ0) is 13.2. The molecule has 1 rings (SSSR count). The maximum absolute atomic E-state index is 5.99. The van der Waals surface area contributed by atoms with Crippen LogP contribution in [0.5, 0.6) is 5.75 Å². The Kier molecular flexibility index (Phi) is 7.32. The van der Waals surface area contributed by atoms with Gasteiger partial charge in [-0.15, -0.1) is 6.42 Å². The highest BCUT2D eigenvalue weighted by Crippen LogP contribution is 2.22. The summed E-state index contributed by atoms with van der Waals surface area (Å²) in [5, 5.41) is 4.11. The van der Waals surface area contributed by atoms with Crippen LogP contribution in [0.15, 0.2) is 18.2 Å². The van der Waals surface area contributed by atoms with Crippen LogP contribution in [0.3, 0.4) is 0 Å². The van der Waals surface area contributed by atoms with Crippen molar-refractivity contribution in [3.8, 4) is 18.1 Å². The second kappa shape index (κ2) is 8.85. The number of benzene rings is 1. The van der Waals surface area contributed by atoms with Crippen LogP contribution in [0.2, 0.25) is 5.02 Å². The summed E-state index contributed by atoms with van der Waals surface area (Å²) in [4.78, 5) is 0. The third kappa shape index (κ3) is 5.44. The van der Waals surface area contributed by atoms with Crippen LogP contribution >= 0.6 is 11.6 Å². The number of hydrogen-bond donors (Lipinski definition) is 1. The molecule has 3 heteroatoms. The van der Waals surface area contributed by atoms with E-state index in [-0.39, 0.29) is 6.61 Å². The Hall–Kier alpha value is -1.17. The minimum absolute atomic E-state index is 0.282. The summed E-state index contributed by atoms with van der Waals surface area (Å²) in [7, 11) is 0. The third-order valence-electron chi connectivity index (χ3n) is 2.61. The van der Waals surface area contributed by atoms with Crippen LogP contribution in [0, 0.1) is 12.3 Å². The quantitative estimate of drug-likeness (QED) is 0.572. The lowest BCUT2D eigenvalue weighted by atomic mass is 10.2. The van der Waals surface area contributed by atoms with E-state index in [9.17, 15) is 0 Å². The molecule has 18 heavy (non-hydrogen) atoms. The summed E-state index contributed by atoms with van der Waals surface area (Å²) >= 11 is 5.99. The fraction of sp³-hybridized carbons (Fsp3) is 0.467. The molecule has 0 amide bonds. The molecular weight excluding hydrogens is 246 g/mol. The lowest BCUT2D eigenvalue weighted by Crippen LogP contribution is -2.15. The van der Waals surface area contributed by atoms with Crippen LogP contribution in [0.1, 0.15) is 31.7 Å². The first-order valence-corrected chi connectivity index (χ1v) is 6.71. The SMILES string of the molecule is C#CCOc1ccc(Cl)cc1CNCCCCC. The van der Waals surface area contributed by atoms with Gasteiger partial charge in [-0.2, -0.15) is 0 Å². The summed E-state index contributed by atoms with van der Waals surface area (Å²) < 4.78 is 5.48. The number of nitrogens with one attached hydrogen (secondary N) is 1. The Morgan fingerprint density at radius 3 is 2.94 bits per heavy atom. The summed E-state index contributed by atoms with van der Waals surface area (Å²) in [6, 6.07) is 5.59. The van der Waals surface area contributed by atoms with Crippen molar-refractivity contribution in [1.82, 2.24) is 5.32 Å². The molecule has 0 aliphatic rings. The average Bonchev–Trinajstić information content (AvgIpc) is 2.37. The van der Waals surface area contributed by atoms with Crippen molar-refractivity contribution in [2.45, 2.75) is 32.7 Å². The van der Waals surface area contributed by atoms with Crippen molar-refractivity contribution in [2.75, 3.05) is 13.2 Å². The summed E-state index contributed by atoms with van der Waals surface area (Å²) in [5.74, 6) is 3.27. The van der Waals surface area contributed by atoms with Crippen LogP contribution in [-0.4, -0.2) is 13.2 Å². The molecule has 1 aromatic carbocycles. The molecule has 0 spiro atoms. The van der Waals surface area contributed by atoms with E-state index in [0.717, 1.165) is 24.4 Å². The topological polar surface area (TPSA) is 21.3 Å². The van der Waals surface area contributed by atoms with Crippen molar-refractivity contribution in [3.05, 3.63) is 28.8 Å². The molecule has 1 aromatic rings. The van der Waals surface area contributed by atoms with Gasteiger partial charge in [-0.05, 0) is 31.2 Å². The van der Waals surface area contributed by atoms with Gasteiger partial charge in [-0.25, -0.2) is 0 Å². The van der Waals surface area contributed by atoms with Gasteiger partial charge in [0.05, 0.1) is 0 Å². The largest absolute Gasteiger partial charge is 0.481 e. The number of rotatable bonds is 8. The predicted octanol–water partition coefficient (Wildman–Crippen LogP) is 3.63. The Bertz CT molecular complexity index is 398. The number of terminal acetylenes is 1. The molecule has 98 valence electrons. The number of unbranched alkanes of at least 4 members (excludes halogenated alkanes) is 2. The van der Waals surface area contributed by atoms with Gasteiger partial charge in [-0.3, -0.25) is 0 Å². The van der Waals surface area contributed by atoms with Gasteiger partial charge < -0.3 is 10.1 Å². The van der Waals surface area contributed by atoms with E-state index in [0.29, 0.717) is 5.02 Å². The van der Waals surface area contributed by atoms with Crippen LogP contribution < -0.4 is 10.1 Å². The van der Waals surface area contributed by atoms with E-state index < -0.39 is 0 Å². The molecule has 0 aliphatic heterocycles. The third-order valence-corrected chi connectivity index (χ3v) is 2.84. The highest BCUT2D eigenvalue weighted by atomic mass is 35.5. The first-order valence-electron chi connectivity index (χ1n) is 6.33. The fourth-order valence-corrected chi connectivity index (χ4v) is 1.86. The lowest BCUT2D eigenvalue weighted by molar-refractivity contribution is 0.364. The van der Waals surface area contributed by atoms with Gasteiger partial charge in [0.2, 0.25) is 0 Å². The van der Waals surface area contributed by atoms with Gasteiger partial charge in [-0.1, -0.05) is 37.3 Å². The van der Waals surface area contributed by atoms with E-state index in [1.54, 1.807) is 0 Å². The molecule has 0 aliphatic carbocycles. The molecule has 0 saturated heterocycles. The van der Waals surface area contributed by atoms with Crippen LogP contribution in [0.4, 0.5) is 0 Å². The maximum atomic E-state index is 5.99. The second-order valence-corrected chi connectivity index (χ2v) is 4.57. The van der Waals surface area contributed by atoms with E-state index in [2.05, 4.69) is 18.2 Å². The average molecular weight is 266 g/mol. The first kappa shape index (κ1) is 14.9. The van der Waals surface area contributed by atoms with Crippen molar-refractivity contribution >= 4 is 11.6 Å². The molecule has 0 radical (unpaired) electrons. The summed E-state index contributed by atoms with van der Waals surface area (Å²) in [6.45, 7) is 4.24. The fourth-order valence-electron chi connectivity index (χ4n) is 1.67. The molecule has 0 saturated carbocycles. The Balaban J connectivity index is 2.51. The van der Waals surface area contributed by atoms with Crippen molar-refractivity contribution in [1.29, 1.82) is 0 Å². The van der Waals surface area contributed by atoms with Gasteiger partial charge >= 0.3 is 0 Å². The normalized spacial score (nSPS) is 10.1. The summed E-state index contributed by atoms with van der Waals surface area (Å²) in [6.07, 6.45) is 8.87. The summed E-state index contributed by atoms with van der Waals surface area (Å²) in [5.41, 5.74) is 1.05. The number of hydrogen-bond acceptors (Lipinski definition) is 2. The Morgan fingerprint density at radius 2 is 2.22 bits per heavy atom. The predicted molar refractivity (Wildman–Crippen MR) is 77.0 cm³/mol.